The molecule has 0 amide bonds. The Balaban J connectivity index is 2.24. The second-order valence-electron chi connectivity index (χ2n) is 3.83. The second-order valence-corrected chi connectivity index (χ2v) is 3.83. The molecular weight excluding hydrogens is 166 g/mol. The zero-order chi connectivity index (χ0) is 9.68. The Hall–Kier alpha value is -0.120. The number of aliphatic hydroxyl groups is 1. The van der Waals surface area contributed by atoms with E-state index in [4.69, 9.17) is 4.74 Å². The van der Waals surface area contributed by atoms with Crippen molar-refractivity contribution in [3.8, 4) is 0 Å². The van der Waals surface area contributed by atoms with Crippen LogP contribution in [-0.2, 0) is 4.74 Å². The number of hydrogen-bond donors (Lipinski definition) is 1. The average molecular weight is 187 g/mol. The Kier molecular flexibility index (Phi) is 4.70. The summed E-state index contributed by atoms with van der Waals surface area (Å²) in [6.07, 6.45) is 2.53. The van der Waals surface area contributed by atoms with Gasteiger partial charge in [0.25, 0.3) is 0 Å². The first-order valence-corrected chi connectivity index (χ1v) is 5.24. The molecule has 0 saturated carbocycles. The standard InChI is InChI=1S/C10H21NO2/c1-3-13-10-5-4-6-11(8-10)7-9(2)12/h9-10,12H,3-8H2,1-2H3. The molecule has 3 nitrogen and oxygen atoms in total. The lowest BCUT2D eigenvalue weighted by atomic mass is 10.1. The first kappa shape index (κ1) is 11.0. The van der Waals surface area contributed by atoms with Gasteiger partial charge in [0.15, 0.2) is 0 Å². The molecule has 1 N–H and O–H groups in total. The molecule has 1 heterocycles. The molecule has 0 aromatic carbocycles. The fourth-order valence-electron chi connectivity index (χ4n) is 1.92. The van der Waals surface area contributed by atoms with Gasteiger partial charge in [-0.1, -0.05) is 0 Å². The highest BCUT2D eigenvalue weighted by Gasteiger charge is 2.20. The van der Waals surface area contributed by atoms with Gasteiger partial charge in [0, 0.05) is 19.7 Å². The molecule has 0 aliphatic carbocycles. The number of rotatable bonds is 4. The van der Waals surface area contributed by atoms with Gasteiger partial charge in [-0.05, 0) is 33.2 Å². The lowest BCUT2D eigenvalue weighted by Gasteiger charge is -2.33. The van der Waals surface area contributed by atoms with Gasteiger partial charge in [-0.3, -0.25) is 4.90 Å². The largest absolute Gasteiger partial charge is 0.392 e. The van der Waals surface area contributed by atoms with Crippen LogP contribution < -0.4 is 0 Å². The van der Waals surface area contributed by atoms with Crippen LogP contribution >= 0.6 is 0 Å². The summed E-state index contributed by atoms with van der Waals surface area (Å²) in [4.78, 5) is 2.29. The molecule has 1 aliphatic rings. The molecule has 0 bridgehead atoms. The van der Waals surface area contributed by atoms with Crippen LogP contribution in [0.1, 0.15) is 26.7 Å². The first-order chi connectivity index (χ1) is 6.22. The van der Waals surface area contributed by atoms with E-state index in [9.17, 15) is 5.11 Å². The molecule has 1 fully saturated rings. The predicted molar refractivity (Wildman–Crippen MR) is 52.8 cm³/mol. The Labute approximate surface area is 80.7 Å². The smallest absolute Gasteiger partial charge is 0.0702 e. The number of nitrogens with zero attached hydrogens (tertiary/aromatic N) is 1. The van der Waals surface area contributed by atoms with E-state index in [1.54, 1.807) is 0 Å². The molecular formula is C10H21NO2. The van der Waals surface area contributed by atoms with Crippen LogP contribution in [0.5, 0.6) is 0 Å². The minimum absolute atomic E-state index is 0.222. The normalized spacial score (nSPS) is 27.5. The summed E-state index contributed by atoms with van der Waals surface area (Å²) in [5.41, 5.74) is 0. The number of β-amino-alcohol motifs (C(OH)–C–C–N with tert-alkyl or cyclic N) is 1. The summed E-state index contributed by atoms with van der Waals surface area (Å²) in [5.74, 6) is 0. The highest BCUT2D eigenvalue weighted by Crippen LogP contribution is 2.13. The number of hydrogen-bond acceptors (Lipinski definition) is 3. The second kappa shape index (κ2) is 5.58. The quantitative estimate of drug-likeness (QED) is 0.709. The molecule has 1 aliphatic heterocycles. The topological polar surface area (TPSA) is 32.7 Å². The minimum atomic E-state index is -0.222. The highest BCUT2D eigenvalue weighted by molar-refractivity contribution is 4.74. The maximum Gasteiger partial charge on any atom is 0.0702 e. The fourth-order valence-corrected chi connectivity index (χ4v) is 1.92. The van der Waals surface area contributed by atoms with Crippen LogP contribution in [0, 0.1) is 0 Å². The maximum absolute atomic E-state index is 9.24. The van der Waals surface area contributed by atoms with Crippen molar-refractivity contribution in [1.29, 1.82) is 0 Å². The Morgan fingerprint density at radius 3 is 3.00 bits per heavy atom. The first-order valence-electron chi connectivity index (χ1n) is 5.24. The molecule has 2 unspecified atom stereocenters. The molecule has 1 rings (SSSR count). The number of piperidine rings is 1. The van der Waals surface area contributed by atoms with E-state index in [1.165, 1.54) is 12.8 Å². The summed E-state index contributed by atoms with van der Waals surface area (Å²) >= 11 is 0. The van der Waals surface area contributed by atoms with Crippen LogP contribution in [0.15, 0.2) is 0 Å². The lowest BCUT2D eigenvalue weighted by Crippen LogP contribution is -2.42. The summed E-state index contributed by atoms with van der Waals surface area (Å²) in [5, 5.41) is 9.24. The summed E-state index contributed by atoms with van der Waals surface area (Å²) in [7, 11) is 0. The van der Waals surface area contributed by atoms with E-state index in [0.717, 1.165) is 26.2 Å². The summed E-state index contributed by atoms with van der Waals surface area (Å²) < 4.78 is 5.57. The molecule has 78 valence electrons. The van der Waals surface area contributed by atoms with Crippen molar-refractivity contribution >= 4 is 0 Å². The van der Waals surface area contributed by atoms with Gasteiger partial charge < -0.3 is 9.84 Å². The van der Waals surface area contributed by atoms with E-state index in [1.807, 2.05) is 13.8 Å². The molecule has 3 heteroatoms. The molecule has 1 saturated heterocycles. The fraction of sp³-hybridized carbons (Fsp3) is 1.00. The number of likely N-dealkylation sites (tertiary alicyclic amines) is 1. The number of aliphatic hydroxyl groups excluding tert-OH is 1. The molecule has 0 aromatic heterocycles. The van der Waals surface area contributed by atoms with Crippen LogP contribution in [0.2, 0.25) is 0 Å². The molecule has 0 aromatic rings. The van der Waals surface area contributed by atoms with Gasteiger partial charge in [-0.25, -0.2) is 0 Å². The third-order valence-corrected chi connectivity index (χ3v) is 2.39. The van der Waals surface area contributed by atoms with E-state index in [-0.39, 0.29) is 6.10 Å². The molecule has 0 radical (unpaired) electrons. The van der Waals surface area contributed by atoms with Gasteiger partial charge >= 0.3 is 0 Å². The van der Waals surface area contributed by atoms with Gasteiger partial charge in [-0.2, -0.15) is 0 Å². The third kappa shape index (κ3) is 4.07. The average Bonchev–Trinajstić information content (AvgIpc) is 2.04. The Bertz CT molecular complexity index is 137. The Morgan fingerprint density at radius 1 is 1.62 bits per heavy atom. The van der Waals surface area contributed by atoms with Crippen molar-refractivity contribution in [2.75, 3.05) is 26.2 Å². The van der Waals surface area contributed by atoms with Crippen molar-refractivity contribution in [2.24, 2.45) is 0 Å². The van der Waals surface area contributed by atoms with Crippen LogP contribution in [-0.4, -0.2) is 48.5 Å². The lowest BCUT2D eigenvalue weighted by molar-refractivity contribution is -0.00484. The predicted octanol–water partition coefficient (Wildman–Crippen LogP) is 0.868. The monoisotopic (exact) mass is 187 g/mol. The third-order valence-electron chi connectivity index (χ3n) is 2.39. The van der Waals surface area contributed by atoms with Gasteiger partial charge in [0.05, 0.1) is 12.2 Å². The van der Waals surface area contributed by atoms with Crippen LogP contribution in [0.3, 0.4) is 0 Å². The van der Waals surface area contributed by atoms with Crippen LogP contribution in [0.25, 0.3) is 0 Å². The van der Waals surface area contributed by atoms with Gasteiger partial charge in [-0.15, -0.1) is 0 Å². The van der Waals surface area contributed by atoms with Crippen molar-refractivity contribution in [3.63, 3.8) is 0 Å². The molecule has 0 spiro atoms. The zero-order valence-corrected chi connectivity index (χ0v) is 8.70. The van der Waals surface area contributed by atoms with Crippen LogP contribution in [0.4, 0.5) is 0 Å². The van der Waals surface area contributed by atoms with Crippen molar-refractivity contribution in [2.45, 2.75) is 38.9 Å². The zero-order valence-electron chi connectivity index (χ0n) is 8.70. The SMILES string of the molecule is CCOC1CCCN(CC(C)O)C1. The van der Waals surface area contributed by atoms with E-state index in [0.29, 0.717) is 6.10 Å². The van der Waals surface area contributed by atoms with Gasteiger partial charge in [0.2, 0.25) is 0 Å². The van der Waals surface area contributed by atoms with E-state index in [2.05, 4.69) is 4.90 Å². The van der Waals surface area contributed by atoms with Crippen molar-refractivity contribution < 1.29 is 9.84 Å². The van der Waals surface area contributed by atoms with Gasteiger partial charge in [0.1, 0.15) is 0 Å². The number of ether oxygens (including phenoxy) is 1. The van der Waals surface area contributed by atoms with Crippen molar-refractivity contribution in [1.82, 2.24) is 4.90 Å². The highest BCUT2D eigenvalue weighted by atomic mass is 16.5. The molecule has 13 heavy (non-hydrogen) atoms. The molecule has 2 atom stereocenters. The van der Waals surface area contributed by atoms with E-state index >= 15 is 0 Å². The maximum atomic E-state index is 9.24. The summed E-state index contributed by atoms with van der Waals surface area (Å²) in [6, 6.07) is 0. The van der Waals surface area contributed by atoms with E-state index < -0.39 is 0 Å². The van der Waals surface area contributed by atoms with Crippen molar-refractivity contribution in [3.05, 3.63) is 0 Å². The minimum Gasteiger partial charge on any atom is -0.392 e. The Morgan fingerprint density at radius 2 is 2.38 bits per heavy atom. The summed E-state index contributed by atoms with van der Waals surface area (Å²) in [6.45, 7) is 7.54.